The molecule has 20 heavy (non-hydrogen) atoms. The molecular formula is C15H13NO3S. The van der Waals surface area contributed by atoms with E-state index in [9.17, 15) is 8.42 Å². The molecule has 0 spiro atoms. The first-order valence-corrected chi connectivity index (χ1v) is 7.60. The maximum absolute atomic E-state index is 12.2. The molecule has 0 saturated heterocycles. The maximum atomic E-state index is 12.2. The highest BCUT2D eigenvalue weighted by atomic mass is 32.2. The van der Waals surface area contributed by atoms with Crippen LogP contribution in [0.3, 0.4) is 0 Å². The Kier molecular flexibility index (Phi) is 4.06. The summed E-state index contributed by atoms with van der Waals surface area (Å²) in [5.41, 5.74) is 1.12. The number of benzene rings is 1. The van der Waals surface area contributed by atoms with Crippen molar-refractivity contribution in [2.75, 3.05) is 5.75 Å². The largest absolute Gasteiger partial charge is 0.465 e. The number of nitrogens with zero attached hydrogens (tertiary/aromatic N) is 1. The van der Waals surface area contributed by atoms with Gasteiger partial charge in [-0.15, -0.1) is 0 Å². The van der Waals surface area contributed by atoms with Crippen molar-refractivity contribution in [3.05, 3.63) is 59.6 Å². The Morgan fingerprint density at radius 2 is 2.00 bits per heavy atom. The van der Waals surface area contributed by atoms with Gasteiger partial charge in [-0.05, 0) is 37.3 Å². The van der Waals surface area contributed by atoms with Crippen LogP contribution in [0.1, 0.15) is 11.3 Å². The van der Waals surface area contributed by atoms with Gasteiger partial charge < -0.3 is 4.42 Å². The first kappa shape index (κ1) is 14.1. The van der Waals surface area contributed by atoms with Crippen LogP contribution in [-0.4, -0.2) is 14.2 Å². The summed E-state index contributed by atoms with van der Waals surface area (Å²) in [6, 6.07) is 11.8. The SMILES string of the molecule is Cc1ccc(S(=O)(=O)C/C(C#N)=C\c2ccco2)cc1. The van der Waals surface area contributed by atoms with Gasteiger partial charge in [-0.2, -0.15) is 5.26 Å². The average Bonchev–Trinajstić information content (AvgIpc) is 2.91. The Bertz CT molecular complexity index is 748. The minimum atomic E-state index is -3.52. The molecule has 0 aliphatic rings. The van der Waals surface area contributed by atoms with Gasteiger partial charge in [0.2, 0.25) is 0 Å². The van der Waals surface area contributed by atoms with Crippen molar-refractivity contribution < 1.29 is 12.8 Å². The van der Waals surface area contributed by atoms with Crippen molar-refractivity contribution >= 4 is 15.9 Å². The second kappa shape index (κ2) is 5.76. The standard InChI is InChI=1S/C15H13NO3S/c1-12-4-6-15(7-5-12)20(17,18)11-13(10-16)9-14-3-2-8-19-14/h2-9H,11H2,1H3/b13-9-. The Labute approximate surface area is 117 Å². The van der Waals surface area contributed by atoms with E-state index in [1.54, 1.807) is 36.4 Å². The lowest BCUT2D eigenvalue weighted by molar-refractivity contribution is 0.556. The van der Waals surface area contributed by atoms with E-state index in [1.165, 1.54) is 12.3 Å². The number of hydrogen-bond acceptors (Lipinski definition) is 4. The van der Waals surface area contributed by atoms with Crippen LogP contribution in [0.2, 0.25) is 0 Å². The van der Waals surface area contributed by atoms with Gasteiger partial charge in [0, 0.05) is 5.57 Å². The molecule has 5 heteroatoms. The van der Waals surface area contributed by atoms with Gasteiger partial charge in [-0.1, -0.05) is 17.7 Å². The van der Waals surface area contributed by atoms with E-state index in [4.69, 9.17) is 9.68 Å². The molecule has 102 valence electrons. The first-order valence-electron chi connectivity index (χ1n) is 5.95. The Hall–Kier alpha value is -2.32. The van der Waals surface area contributed by atoms with Crippen LogP contribution in [-0.2, 0) is 9.84 Å². The van der Waals surface area contributed by atoms with Crippen LogP contribution in [0.5, 0.6) is 0 Å². The lowest BCUT2D eigenvalue weighted by Gasteiger charge is -2.03. The third kappa shape index (κ3) is 3.37. The fourth-order valence-corrected chi connectivity index (χ4v) is 2.96. The Balaban J connectivity index is 2.27. The van der Waals surface area contributed by atoms with Gasteiger partial charge in [0.05, 0.1) is 23.0 Å². The summed E-state index contributed by atoms with van der Waals surface area (Å²) >= 11 is 0. The van der Waals surface area contributed by atoms with E-state index in [2.05, 4.69) is 0 Å². The van der Waals surface area contributed by atoms with Gasteiger partial charge in [0.25, 0.3) is 0 Å². The van der Waals surface area contributed by atoms with Gasteiger partial charge >= 0.3 is 0 Å². The zero-order valence-electron chi connectivity index (χ0n) is 10.9. The molecule has 0 bridgehead atoms. The van der Waals surface area contributed by atoms with Crippen LogP contribution in [0.4, 0.5) is 0 Å². The predicted octanol–water partition coefficient (Wildman–Crippen LogP) is 2.97. The van der Waals surface area contributed by atoms with E-state index in [-0.39, 0.29) is 16.2 Å². The number of nitriles is 1. The highest BCUT2D eigenvalue weighted by molar-refractivity contribution is 7.91. The summed E-state index contributed by atoms with van der Waals surface area (Å²) in [6.07, 6.45) is 2.90. The maximum Gasteiger partial charge on any atom is 0.183 e. The minimum absolute atomic E-state index is 0.139. The zero-order chi connectivity index (χ0) is 14.6. The van der Waals surface area contributed by atoms with E-state index in [1.807, 2.05) is 13.0 Å². The molecule has 2 aromatic rings. The molecule has 4 nitrogen and oxygen atoms in total. The summed E-state index contributed by atoms with van der Waals surface area (Å²) in [5.74, 6) is 0.119. The minimum Gasteiger partial charge on any atom is -0.465 e. The molecule has 0 aliphatic heterocycles. The van der Waals surface area contributed by atoms with Gasteiger partial charge in [-0.3, -0.25) is 0 Å². The molecule has 0 aliphatic carbocycles. The fraction of sp³-hybridized carbons (Fsp3) is 0.133. The topological polar surface area (TPSA) is 71.1 Å². The van der Waals surface area contributed by atoms with E-state index in [0.29, 0.717) is 5.76 Å². The van der Waals surface area contributed by atoms with Crippen LogP contribution < -0.4 is 0 Å². The summed E-state index contributed by atoms with van der Waals surface area (Å²) in [4.78, 5) is 0.212. The van der Waals surface area contributed by atoms with Crippen LogP contribution in [0.25, 0.3) is 6.08 Å². The highest BCUT2D eigenvalue weighted by Crippen LogP contribution is 2.16. The van der Waals surface area contributed by atoms with Crippen molar-refractivity contribution in [2.45, 2.75) is 11.8 Å². The fourth-order valence-electron chi connectivity index (χ4n) is 1.68. The second-order valence-corrected chi connectivity index (χ2v) is 6.36. The molecule has 0 amide bonds. The van der Waals surface area contributed by atoms with E-state index < -0.39 is 9.84 Å². The molecule has 0 unspecified atom stereocenters. The molecule has 0 atom stereocenters. The molecule has 1 aromatic carbocycles. The number of sulfone groups is 1. The lowest BCUT2D eigenvalue weighted by Crippen LogP contribution is -2.08. The third-order valence-electron chi connectivity index (χ3n) is 2.73. The van der Waals surface area contributed by atoms with Crippen LogP contribution >= 0.6 is 0 Å². The first-order chi connectivity index (χ1) is 9.51. The molecule has 0 saturated carbocycles. The van der Waals surface area contributed by atoms with Crippen molar-refractivity contribution in [1.29, 1.82) is 5.26 Å². The predicted molar refractivity (Wildman–Crippen MR) is 75.5 cm³/mol. The molecule has 1 heterocycles. The summed E-state index contributed by atoms with van der Waals surface area (Å²) in [7, 11) is -3.52. The zero-order valence-corrected chi connectivity index (χ0v) is 11.7. The molecule has 2 rings (SSSR count). The van der Waals surface area contributed by atoms with Crippen molar-refractivity contribution in [3.63, 3.8) is 0 Å². The Morgan fingerprint density at radius 1 is 1.30 bits per heavy atom. The van der Waals surface area contributed by atoms with Gasteiger partial charge in [0.1, 0.15) is 5.76 Å². The molecule has 0 N–H and O–H groups in total. The molecular weight excluding hydrogens is 274 g/mol. The molecule has 0 fully saturated rings. The molecule has 1 aromatic heterocycles. The second-order valence-electron chi connectivity index (χ2n) is 4.37. The smallest absolute Gasteiger partial charge is 0.183 e. The normalized spacial score (nSPS) is 12.1. The summed E-state index contributed by atoms with van der Waals surface area (Å²) in [6.45, 7) is 1.88. The Morgan fingerprint density at radius 3 is 2.55 bits per heavy atom. The van der Waals surface area contributed by atoms with Gasteiger partial charge in [0.15, 0.2) is 9.84 Å². The summed E-state index contributed by atoms with van der Waals surface area (Å²) in [5, 5.41) is 9.05. The van der Waals surface area contributed by atoms with Crippen molar-refractivity contribution in [3.8, 4) is 6.07 Å². The van der Waals surface area contributed by atoms with Crippen LogP contribution in [0.15, 0.2) is 57.5 Å². The summed E-state index contributed by atoms with van der Waals surface area (Å²) < 4.78 is 29.5. The number of furan rings is 1. The van der Waals surface area contributed by atoms with Crippen molar-refractivity contribution in [2.24, 2.45) is 0 Å². The highest BCUT2D eigenvalue weighted by Gasteiger charge is 2.17. The average molecular weight is 287 g/mol. The molecule has 0 radical (unpaired) electrons. The monoisotopic (exact) mass is 287 g/mol. The lowest BCUT2D eigenvalue weighted by atomic mass is 10.2. The number of aryl methyl sites for hydroxylation is 1. The van der Waals surface area contributed by atoms with Gasteiger partial charge in [-0.25, -0.2) is 8.42 Å². The van der Waals surface area contributed by atoms with E-state index in [0.717, 1.165) is 5.56 Å². The quantitative estimate of drug-likeness (QED) is 0.810. The van der Waals surface area contributed by atoms with E-state index >= 15 is 0 Å². The number of rotatable bonds is 4. The van der Waals surface area contributed by atoms with Crippen molar-refractivity contribution in [1.82, 2.24) is 0 Å². The third-order valence-corrected chi connectivity index (χ3v) is 4.41. The van der Waals surface area contributed by atoms with Crippen LogP contribution in [0, 0.1) is 18.3 Å². The number of hydrogen-bond donors (Lipinski definition) is 0.